The van der Waals surface area contributed by atoms with Crippen LogP contribution in [0.4, 0.5) is 0 Å². The van der Waals surface area contributed by atoms with E-state index in [0.717, 1.165) is 28.2 Å². The predicted octanol–water partition coefficient (Wildman–Crippen LogP) is 5.53. The van der Waals surface area contributed by atoms with E-state index < -0.39 is 0 Å². The van der Waals surface area contributed by atoms with Crippen LogP contribution in [0.15, 0.2) is 53.2 Å². The number of hydrogen-bond acceptors (Lipinski definition) is 3. The molecule has 0 amide bonds. The summed E-state index contributed by atoms with van der Waals surface area (Å²) in [7, 11) is 0. The molecule has 1 heterocycles. The first-order chi connectivity index (χ1) is 12.1. The first-order valence-electron chi connectivity index (χ1n) is 8.77. The standard InChI is InChI=1S/C22H21NOS/c1-14-7-10-19(18(11-14)12-17-6-4-3-5-15(17)2)22(25)20-13-23-24-21(20)16-8-9-16/h3-7,10-11,13,16H,8-9,12H2,1-2H3. The van der Waals surface area contributed by atoms with Crippen molar-refractivity contribution < 1.29 is 4.52 Å². The number of aromatic nitrogens is 1. The van der Waals surface area contributed by atoms with E-state index in [4.69, 9.17) is 16.7 Å². The summed E-state index contributed by atoms with van der Waals surface area (Å²) in [5.74, 6) is 1.47. The van der Waals surface area contributed by atoms with E-state index >= 15 is 0 Å². The molecule has 1 saturated carbocycles. The van der Waals surface area contributed by atoms with Crippen LogP contribution in [0.2, 0.25) is 0 Å². The fourth-order valence-corrected chi connectivity index (χ4v) is 3.66. The molecule has 0 radical (unpaired) electrons. The zero-order valence-electron chi connectivity index (χ0n) is 14.6. The van der Waals surface area contributed by atoms with Crippen LogP contribution in [-0.4, -0.2) is 10.0 Å². The Balaban J connectivity index is 1.73. The van der Waals surface area contributed by atoms with Gasteiger partial charge in [0.2, 0.25) is 0 Å². The van der Waals surface area contributed by atoms with Gasteiger partial charge in [0.05, 0.1) is 16.6 Å². The Morgan fingerprint density at radius 3 is 2.64 bits per heavy atom. The molecule has 1 aliphatic rings. The van der Waals surface area contributed by atoms with Crippen LogP contribution in [0, 0.1) is 13.8 Å². The van der Waals surface area contributed by atoms with E-state index in [1.54, 1.807) is 6.20 Å². The van der Waals surface area contributed by atoms with E-state index in [1.165, 1.54) is 35.1 Å². The lowest BCUT2D eigenvalue weighted by Crippen LogP contribution is -2.07. The Labute approximate surface area is 153 Å². The van der Waals surface area contributed by atoms with Gasteiger partial charge in [0, 0.05) is 5.92 Å². The molecule has 25 heavy (non-hydrogen) atoms. The fourth-order valence-electron chi connectivity index (χ4n) is 3.31. The highest BCUT2D eigenvalue weighted by Crippen LogP contribution is 2.42. The molecule has 0 spiro atoms. The monoisotopic (exact) mass is 347 g/mol. The molecule has 0 unspecified atom stereocenters. The molecule has 0 atom stereocenters. The minimum atomic E-state index is 0.501. The summed E-state index contributed by atoms with van der Waals surface area (Å²) in [4.78, 5) is 0.853. The molecule has 0 aliphatic heterocycles. The van der Waals surface area contributed by atoms with E-state index in [2.05, 4.69) is 61.5 Å². The van der Waals surface area contributed by atoms with Gasteiger partial charge in [-0.15, -0.1) is 0 Å². The summed E-state index contributed by atoms with van der Waals surface area (Å²) in [6.07, 6.45) is 5.02. The maximum atomic E-state index is 5.86. The van der Waals surface area contributed by atoms with Gasteiger partial charge < -0.3 is 4.52 Å². The number of hydrogen-bond donors (Lipinski definition) is 0. The molecule has 4 rings (SSSR count). The predicted molar refractivity (Wildman–Crippen MR) is 104 cm³/mol. The Morgan fingerprint density at radius 1 is 1.08 bits per heavy atom. The van der Waals surface area contributed by atoms with E-state index in [1.807, 2.05) is 0 Å². The van der Waals surface area contributed by atoms with Crippen LogP contribution in [0.1, 0.15) is 57.9 Å². The molecule has 1 aromatic heterocycles. The zero-order chi connectivity index (χ0) is 17.4. The second kappa shape index (κ2) is 6.57. The summed E-state index contributed by atoms with van der Waals surface area (Å²) in [5, 5.41) is 4.01. The topological polar surface area (TPSA) is 26.0 Å². The van der Waals surface area contributed by atoms with Crippen LogP contribution in [0.5, 0.6) is 0 Å². The molecule has 0 bridgehead atoms. The number of thiocarbonyl (C=S) groups is 1. The average molecular weight is 347 g/mol. The largest absolute Gasteiger partial charge is 0.360 e. The van der Waals surface area contributed by atoms with Gasteiger partial charge in [-0.25, -0.2) is 0 Å². The second-order valence-electron chi connectivity index (χ2n) is 6.97. The number of nitrogens with zero attached hydrogens (tertiary/aromatic N) is 1. The summed E-state index contributed by atoms with van der Waals surface area (Å²) in [5.41, 5.74) is 7.28. The first kappa shape index (κ1) is 16.2. The minimum Gasteiger partial charge on any atom is -0.360 e. The molecule has 3 heteroatoms. The third kappa shape index (κ3) is 3.29. The quantitative estimate of drug-likeness (QED) is 0.448. The van der Waals surface area contributed by atoms with Gasteiger partial charge >= 0.3 is 0 Å². The zero-order valence-corrected chi connectivity index (χ0v) is 15.4. The number of benzene rings is 2. The van der Waals surface area contributed by atoms with Crippen LogP contribution in [0.25, 0.3) is 0 Å². The molecule has 1 fully saturated rings. The Bertz CT molecular complexity index is 937. The number of aryl methyl sites for hydroxylation is 2. The Hall–Kier alpha value is -2.26. The van der Waals surface area contributed by atoms with Crippen LogP contribution < -0.4 is 0 Å². The van der Waals surface area contributed by atoms with Crippen LogP contribution >= 0.6 is 12.2 Å². The van der Waals surface area contributed by atoms with Crippen molar-refractivity contribution in [1.82, 2.24) is 5.16 Å². The summed E-state index contributed by atoms with van der Waals surface area (Å²) >= 11 is 5.86. The van der Waals surface area contributed by atoms with Crippen molar-refractivity contribution in [3.8, 4) is 0 Å². The van der Waals surface area contributed by atoms with Gasteiger partial charge in [-0.05, 0) is 55.4 Å². The van der Waals surface area contributed by atoms with E-state index in [9.17, 15) is 0 Å². The maximum absolute atomic E-state index is 5.86. The highest BCUT2D eigenvalue weighted by molar-refractivity contribution is 7.81. The molecular formula is C22H21NOS. The number of rotatable bonds is 5. The lowest BCUT2D eigenvalue weighted by molar-refractivity contribution is 0.384. The highest BCUT2D eigenvalue weighted by atomic mass is 32.1. The average Bonchev–Trinajstić information content (AvgIpc) is 3.33. The molecule has 126 valence electrons. The van der Waals surface area contributed by atoms with E-state index in [-0.39, 0.29) is 0 Å². The highest BCUT2D eigenvalue weighted by Gasteiger charge is 2.31. The minimum absolute atomic E-state index is 0.501. The molecular weight excluding hydrogens is 326 g/mol. The fraction of sp³-hybridized carbons (Fsp3) is 0.273. The first-order valence-corrected chi connectivity index (χ1v) is 9.17. The van der Waals surface area contributed by atoms with Crippen LogP contribution in [0.3, 0.4) is 0 Å². The molecule has 2 nitrogen and oxygen atoms in total. The molecule has 2 aromatic carbocycles. The van der Waals surface area contributed by atoms with Gasteiger partial charge in [-0.2, -0.15) is 0 Å². The summed E-state index contributed by atoms with van der Waals surface area (Å²) in [6.45, 7) is 4.29. The van der Waals surface area contributed by atoms with Gasteiger partial charge in [0.25, 0.3) is 0 Å². The van der Waals surface area contributed by atoms with Crippen LogP contribution in [-0.2, 0) is 6.42 Å². The third-order valence-corrected chi connectivity index (χ3v) is 5.38. The smallest absolute Gasteiger partial charge is 0.148 e. The lowest BCUT2D eigenvalue weighted by atomic mass is 9.92. The van der Waals surface area contributed by atoms with Gasteiger partial charge in [-0.3, -0.25) is 0 Å². The third-order valence-electron chi connectivity index (χ3n) is 4.94. The van der Waals surface area contributed by atoms with Crippen molar-refractivity contribution in [3.63, 3.8) is 0 Å². The van der Waals surface area contributed by atoms with Crippen molar-refractivity contribution >= 4 is 17.1 Å². The second-order valence-corrected chi connectivity index (χ2v) is 7.38. The van der Waals surface area contributed by atoms with Gasteiger partial charge in [0.15, 0.2) is 0 Å². The molecule has 0 N–H and O–H groups in total. The van der Waals surface area contributed by atoms with Crippen molar-refractivity contribution in [3.05, 3.63) is 87.8 Å². The Kier molecular flexibility index (Phi) is 4.26. The van der Waals surface area contributed by atoms with Crippen molar-refractivity contribution in [1.29, 1.82) is 0 Å². The van der Waals surface area contributed by atoms with Gasteiger partial charge in [0.1, 0.15) is 5.76 Å². The van der Waals surface area contributed by atoms with Crippen molar-refractivity contribution in [2.24, 2.45) is 0 Å². The lowest BCUT2D eigenvalue weighted by Gasteiger charge is -2.13. The normalized spacial score (nSPS) is 13.8. The maximum Gasteiger partial charge on any atom is 0.148 e. The van der Waals surface area contributed by atoms with Crippen molar-refractivity contribution in [2.75, 3.05) is 0 Å². The molecule has 0 saturated heterocycles. The van der Waals surface area contributed by atoms with Gasteiger partial charge in [-0.1, -0.05) is 65.4 Å². The molecule has 1 aliphatic carbocycles. The van der Waals surface area contributed by atoms with Crippen molar-refractivity contribution in [2.45, 2.75) is 39.0 Å². The Morgan fingerprint density at radius 2 is 1.88 bits per heavy atom. The summed E-state index contributed by atoms with van der Waals surface area (Å²) in [6, 6.07) is 15.1. The SMILES string of the molecule is Cc1ccc(C(=S)c2cnoc2C2CC2)c(Cc2ccccc2C)c1. The molecule has 3 aromatic rings. The van der Waals surface area contributed by atoms with E-state index in [0.29, 0.717) is 5.92 Å². The summed E-state index contributed by atoms with van der Waals surface area (Å²) < 4.78 is 5.49.